The molecule has 3 aromatic carbocycles. The molecule has 0 bridgehead atoms. The van der Waals surface area contributed by atoms with Crippen molar-refractivity contribution in [1.29, 1.82) is 0 Å². The maximum atomic E-state index is 11.6. The van der Waals surface area contributed by atoms with Gasteiger partial charge in [0.2, 0.25) is 0 Å². The number of esters is 1. The summed E-state index contributed by atoms with van der Waals surface area (Å²) in [5.41, 5.74) is 4.92. The number of aryl methyl sites for hydroxylation is 2. The van der Waals surface area contributed by atoms with Crippen molar-refractivity contribution in [3.8, 4) is 22.6 Å². The van der Waals surface area contributed by atoms with Crippen molar-refractivity contribution in [2.45, 2.75) is 59.8 Å². The summed E-state index contributed by atoms with van der Waals surface area (Å²) < 4.78 is 23.0. The third kappa shape index (κ3) is 8.98. The Bertz CT molecular complexity index is 1580. The molecule has 41 heavy (non-hydrogen) atoms. The molecule has 210 valence electrons. The van der Waals surface area contributed by atoms with Crippen LogP contribution in [0.4, 0.5) is 0 Å². The van der Waals surface area contributed by atoms with Gasteiger partial charge in [-0.3, -0.25) is 14.3 Å². The molecule has 0 aliphatic heterocycles. The van der Waals surface area contributed by atoms with Crippen molar-refractivity contribution in [1.82, 2.24) is 9.72 Å². The number of nitrogens with zero attached hydrogens (tertiary/aromatic N) is 2. The van der Waals surface area contributed by atoms with E-state index in [0.29, 0.717) is 25.4 Å². The number of carbonyl (C=O) groups is 1. The van der Waals surface area contributed by atoms with Gasteiger partial charge in [0.1, 0.15) is 23.7 Å². The van der Waals surface area contributed by atoms with Crippen molar-refractivity contribution in [2.75, 3.05) is 6.61 Å². The summed E-state index contributed by atoms with van der Waals surface area (Å²) in [5, 5.41) is 0. The summed E-state index contributed by atoms with van der Waals surface area (Å²) in [6.07, 6.45) is 0.584. The predicted molar refractivity (Wildman–Crippen MR) is 150 cm³/mol. The fourth-order valence-electron chi connectivity index (χ4n) is 4.54. The Balaban J connectivity index is 0.00000462. The number of hydrogen-bond acceptors (Lipinski definition) is 7. The van der Waals surface area contributed by atoms with Crippen LogP contribution in [0.1, 0.15) is 49.4 Å². The summed E-state index contributed by atoms with van der Waals surface area (Å²) in [5.74, 6) is 0.251. The summed E-state index contributed by atoms with van der Waals surface area (Å²) >= 11 is 0. The van der Waals surface area contributed by atoms with Crippen LogP contribution in [0, 0.1) is 13.8 Å². The maximum absolute atomic E-state index is 11.6. The SMILES string of the molecule is CC(=O)OC(C)(C)CCOc1cc(C)c(-c2cccc(COc3ccc(Cn4oc(=O)[n-]c4=O)cc3)c2)c(C)c1.[Na+]. The molecule has 0 atom stereocenters. The number of ether oxygens (including phenoxy) is 3. The second-order valence-electron chi connectivity index (χ2n) is 10.3. The van der Waals surface area contributed by atoms with Crippen LogP contribution in [0.15, 0.2) is 74.8 Å². The smallest absolute Gasteiger partial charge is 0.493 e. The minimum Gasteiger partial charge on any atom is -0.493 e. The van der Waals surface area contributed by atoms with Crippen LogP contribution in [-0.4, -0.2) is 22.9 Å². The number of hydrogen-bond donors (Lipinski definition) is 0. The van der Waals surface area contributed by atoms with Gasteiger partial charge in [-0.2, -0.15) is 0 Å². The molecule has 0 fully saturated rings. The third-order valence-corrected chi connectivity index (χ3v) is 6.36. The van der Waals surface area contributed by atoms with Gasteiger partial charge >= 0.3 is 41.3 Å². The second kappa shape index (κ2) is 13.9. The van der Waals surface area contributed by atoms with E-state index in [2.05, 4.69) is 31.0 Å². The van der Waals surface area contributed by atoms with Crippen LogP contribution < -0.4 is 55.5 Å². The molecule has 1 aromatic heterocycles. The van der Waals surface area contributed by atoms with Gasteiger partial charge in [-0.05, 0) is 91.4 Å². The van der Waals surface area contributed by atoms with Gasteiger partial charge in [-0.15, -0.1) is 0 Å². The standard InChI is InChI=1S/C31H34N2O7.Na/c1-20-15-27(37-14-13-31(4,5)39-22(3)34)16-21(2)28(20)25-8-6-7-24(17-25)19-38-26-11-9-23(10-12-26)18-33-29(35)32-30(36)40-33;/h6-12,15-17H,13-14,18-19H2,1-5H3,(H,32,35,36);/q;+1/p-1. The van der Waals surface area contributed by atoms with Crippen molar-refractivity contribution >= 4 is 5.97 Å². The van der Waals surface area contributed by atoms with Crippen molar-refractivity contribution in [3.63, 3.8) is 0 Å². The zero-order valence-corrected chi connectivity index (χ0v) is 26.4. The fourth-order valence-corrected chi connectivity index (χ4v) is 4.54. The summed E-state index contributed by atoms with van der Waals surface area (Å²) in [7, 11) is 0. The summed E-state index contributed by atoms with van der Waals surface area (Å²) in [4.78, 5) is 37.2. The molecule has 0 spiro atoms. The molecule has 0 N–H and O–H groups in total. The predicted octanol–water partition coefficient (Wildman–Crippen LogP) is 1.78. The Morgan fingerprint density at radius 2 is 1.61 bits per heavy atom. The van der Waals surface area contributed by atoms with Crippen LogP contribution >= 0.6 is 0 Å². The number of benzene rings is 3. The maximum Gasteiger partial charge on any atom is 1.00 e. The van der Waals surface area contributed by atoms with E-state index < -0.39 is 17.0 Å². The number of rotatable bonds is 11. The van der Waals surface area contributed by atoms with Gasteiger partial charge in [-0.25, -0.2) is 4.79 Å². The van der Waals surface area contributed by atoms with Crippen molar-refractivity contribution in [3.05, 3.63) is 104 Å². The molecule has 1 heterocycles. The molecule has 0 amide bonds. The first-order chi connectivity index (χ1) is 19.0. The van der Waals surface area contributed by atoms with Crippen molar-refractivity contribution < 1.29 is 53.1 Å². The van der Waals surface area contributed by atoms with Gasteiger partial charge in [-0.1, -0.05) is 30.3 Å². The van der Waals surface area contributed by atoms with E-state index in [1.807, 2.05) is 38.1 Å². The molecule has 4 rings (SSSR count). The van der Waals surface area contributed by atoms with Gasteiger partial charge in [0, 0.05) is 19.9 Å². The first-order valence-corrected chi connectivity index (χ1v) is 13.0. The molecule has 0 saturated carbocycles. The van der Waals surface area contributed by atoms with E-state index in [1.165, 1.54) is 6.92 Å². The molecule has 0 aliphatic rings. The molecule has 9 nitrogen and oxygen atoms in total. The Morgan fingerprint density at radius 1 is 0.927 bits per heavy atom. The molecule has 0 saturated heterocycles. The van der Waals surface area contributed by atoms with Gasteiger partial charge in [0.15, 0.2) is 5.69 Å². The molecule has 0 radical (unpaired) electrons. The monoisotopic (exact) mass is 568 g/mol. The van der Waals surface area contributed by atoms with Crippen LogP contribution in [0.3, 0.4) is 0 Å². The topological polar surface area (TPSA) is 111 Å². The first kappa shape index (κ1) is 32.0. The third-order valence-electron chi connectivity index (χ3n) is 6.36. The molecular weight excluding hydrogens is 535 g/mol. The second-order valence-corrected chi connectivity index (χ2v) is 10.3. The van der Waals surface area contributed by atoms with E-state index in [0.717, 1.165) is 43.9 Å². The Hall–Kier alpha value is -3.53. The summed E-state index contributed by atoms with van der Waals surface area (Å²) in [6, 6.07) is 19.5. The van der Waals surface area contributed by atoms with Crippen LogP contribution in [-0.2, 0) is 22.7 Å². The van der Waals surface area contributed by atoms with E-state index >= 15 is 0 Å². The number of carbonyl (C=O) groups excluding carboxylic acids is 1. The van der Waals surface area contributed by atoms with E-state index in [9.17, 15) is 14.4 Å². The normalized spacial score (nSPS) is 11.0. The minimum atomic E-state index is -0.904. The van der Waals surface area contributed by atoms with E-state index in [4.69, 9.17) is 18.7 Å². The average Bonchev–Trinajstić information content (AvgIpc) is 3.18. The summed E-state index contributed by atoms with van der Waals surface area (Å²) in [6.45, 7) is 10.2. The van der Waals surface area contributed by atoms with Crippen LogP contribution in [0.2, 0.25) is 0 Å². The first-order valence-electron chi connectivity index (χ1n) is 13.0. The zero-order chi connectivity index (χ0) is 28.9. The molecule has 0 aliphatic carbocycles. The van der Waals surface area contributed by atoms with Crippen LogP contribution in [0.5, 0.6) is 11.5 Å². The molecular formula is C31H33N2NaO7. The minimum absolute atomic E-state index is 0. The fraction of sp³-hybridized carbons (Fsp3) is 0.323. The van der Waals surface area contributed by atoms with Crippen LogP contribution in [0.25, 0.3) is 11.1 Å². The van der Waals surface area contributed by atoms with E-state index in [-0.39, 0.29) is 42.1 Å². The Kier molecular flexibility index (Phi) is 10.8. The molecule has 10 heteroatoms. The van der Waals surface area contributed by atoms with E-state index in [1.54, 1.807) is 24.3 Å². The van der Waals surface area contributed by atoms with Crippen molar-refractivity contribution in [2.24, 2.45) is 0 Å². The zero-order valence-electron chi connectivity index (χ0n) is 24.4. The van der Waals surface area contributed by atoms with Gasteiger partial charge < -0.3 is 23.7 Å². The van der Waals surface area contributed by atoms with Gasteiger partial charge in [0.05, 0.1) is 6.61 Å². The Morgan fingerprint density at radius 3 is 2.22 bits per heavy atom. The van der Waals surface area contributed by atoms with Gasteiger partial charge in [0.25, 0.3) is 0 Å². The largest absolute Gasteiger partial charge is 1.00 e. The Labute approximate surface area is 260 Å². The quantitative estimate of drug-likeness (QED) is 0.199. The average molecular weight is 569 g/mol. The molecule has 0 unspecified atom stereocenters. The number of aromatic nitrogens is 2. The molecule has 4 aromatic rings.